The molecule has 1 unspecified atom stereocenters. The molecule has 0 spiro atoms. The molecule has 0 saturated carbocycles. The van der Waals surface area contributed by atoms with Crippen LogP contribution in [-0.2, 0) is 6.54 Å². The minimum absolute atomic E-state index is 0.641. The third-order valence-electron chi connectivity index (χ3n) is 3.20. The molecule has 88 valence electrons. The zero-order valence-electron chi connectivity index (χ0n) is 10.2. The van der Waals surface area contributed by atoms with E-state index in [1.807, 2.05) is 0 Å². The molecule has 2 rings (SSSR count). The van der Waals surface area contributed by atoms with Crippen molar-refractivity contribution in [3.8, 4) is 0 Å². The lowest BCUT2D eigenvalue weighted by Crippen LogP contribution is -2.27. The first-order valence-electron chi connectivity index (χ1n) is 6.24. The first-order chi connectivity index (χ1) is 7.81. The molecule has 0 aliphatic carbocycles. The van der Waals surface area contributed by atoms with Crippen molar-refractivity contribution in [3.63, 3.8) is 0 Å². The Balaban J connectivity index is 2.09. The summed E-state index contributed by atoms with van der Waals surface area (Å²) < 4.78 is 0. The molecule has 1 aromatic rings. The summed E-state index contributed by atoms with van der Waals surface area (Å²) in [6.07, 6.45) is 2.58. The molecule has 16 heavy (non-hydrogen) atoms. The zero-order valence-corrected chi connectivity index (χ0v) is 10.2. The third kappa shape index (κ3) is 2.53. The van der Waals surface area contributed by atoms with Crippen LogP contribution in [0.2, 0.25) is 0 Å². The van der Waals surface area contributed by atoms with E-state index in [1.54, 1.807) is 0 Å². The number of hydrogen-bond acceptors (Lipinski definition) is 3. The lowest BCUT2D eigenvalue weighted by molar-refractivity contribution is 0.698. The van der Waals surface area contributed by atoms with Gasteiger partial charge in [0.1, 0.15) is 5.82 Å². The van der Waals surface area contributed by atoms with Crippen molar-refractivity contribution >= 4 is 5.82 Å². The number of pyridine rings is 1. The van der Waals surface area contributed by atoms with Gasteiger partial charge in [0, 0.05) is 19.1 Å². The van der Waals surface area contributed by atoms with Crippen LogP contribution < -0.4 is 10.2 Å². The molecule has 1 saturated heterocycles. The molecule has 1 N–H and O–H groups in total. The summed E-state index contributed by atoms with van der Waals surface area (Å²) in [5.41, 5.74) is 1.14. The van der Waals surface area contributed by atoms with Crippen molar-refractivity contribution in [2.75, 3.05) is 18.0 Å². The Morgan fingerprint density at radius 2 is 2.38 bits per heavy atom. The van der Waals surface area contributed by atoms with E-state index in [0.29, 0.717) is 6.04 Å². The van der Waals surface area contributed by atoms with Crippen LogP contribution in [0.25, 0.3) is 0 Å². The minimum Gasteiger partial charge on any atom is -0.354 e. The van der Waals surface area contributed by atoms with Crippen LogP contribution in [0.4, 0.5) is 5.82 Å². The summed E-state index contributed by atoms with van der Waals surface area (Å²) in [6, 6.07) is 6.96. The normalized spacial score (nSPS) is 20.4. The molecule has 1 atom stereocenters. The van der Waals surface area contributed by atoms with E-state index in [9.17, 15) is 0 Å². The second kappa shape index (κ2) is 5.30. The van der Waals surface area contributed by atoms with Crippen LogP contribution in [0.5, 0.6) is 0 Å². The van der Waals surface area contributed by atoms with E-state index in [2.05, 4.69) is 42.3 Å². The summed E-state index contributed by atoms with van der Waals surface area (Å²) in [7, 11) is 0. The highest BCUT2D eigenvalue weighted by atomic mass is 15.2. The molecule has 1 aromatic heterocycles. The van der Waals surface area contributed by atoms with E-state index in [1.165, 1.54) is 12.8 Å². The number of nitrogens with zero attached hydrogens (tertiary/aromatic N) is 2. The van der Waals surface area contributed by atoms with Crippen molar-refractivity contribution in [2.45, 2.75) is 39.3 Å². The van der Waals surface area contributed by atoms with Crippen molar-refractivity contribution in [3.05, 3.63) is 23.9 Å². The first-order valence-corrected chi connectivity index (χ1v) is 6.24. The van der Waals surface area contributed by atoms with Gasteiger partial charge in [-0.3, -0.25) is 0 Å². The second-order valence-corrected chi connectivity index (χ2v) is 4.45. The molecule has 2 heterocycles. The maximum atomic E-state index is 4.71. The summed E-state index contributed by atoms with van der Waals surface area (Å²) in [5.74, 6) is 1.14. The van der Waals surface area contributed by atoms with Gasteiger partial charge in [0.15, 0.2) is 0 Å². The molecule has 3 nitrogen and oxygen atoms in total. The number of nitrogens with one attached hydrogen (secondary N) is 1. The van der Waals surface area contributed by atoms with Crippen molar-refractivity contribution < 1.29 is 0 Å². The van der Waals surface area contributed by atoms with Crippen molar-refractivity contribution in [2.24, 2.45) is 0 Å². The SMILES string of the molecule is CCNCc1cccc(N2CCCC2C)n1. The Labute approximate surface area is 97.9 Å². The van der Waals surface area contributed by atoms with Gasteiger partial charge in [-0.1, -0.05) is 13.0 Å². The Bertz CT molecular complexity index is 338. The number of anilines is 1. The van der Waals surface area contributed by atoms with Crippen molar-refractivity contribution in [1.82, 2.24) is 10.3 Å². The van der Waals surface area contributed by atoms with Gasteiger partial charge in [-0.05, 0) is 38.4 Å². The average Bonchev–Trinajstić information content (AvgIpc) is 2.73. The lowest BCUT2D eigenvalue weighted by Gasteiger charge is -2.22. The largest absolute Gasteiger partial charge is 0.354 e. The Hall–Kier alpha value is -1.09. The van der Waals surface area contributed by atoms with Gasteiger partial charge in [-0.2, -0.15) is 0 Å². The van der Waals surface area contributed by atoms with Gasteiger partial charge in [0.05, 0.1) is 5.69 Å². The number of hydrogen-bond donors (Lipinski definition) is 1. The molecule has 1 fully saturated rings. The molecule has 0 bridgehead atoms. The predicted molar refractivity (Wildman–Crippen MR) is 67.7 cm³/mol. The number of rotatable bonds is 4. The average molecular weight is 219 g/mol. The summed E-state index contributed by atoms with van der Waals surface area (Å²) in [4.78, 5) is 7.12. The minimum atomic E-state index is 0.641. The zero-order chi connectivity index (χ0) is 11.4. The first kappa shape index (κ1) is 11.4. The highest BCUT2D eigenvalue weighted by Crippen LogP contribution is 2.23. The van der Waals surface area contributed by atoms with Crippen LogP contribution in [0, 0.1) is 0 Å². The summed E-state index contributed by atoms with van der Waals surface area (Å²) in [5, 5.41) is 3.31. The highest BCUT2D eigenvalue weighted by molar-refractivity contribution is 5.41. The van der Waals surface area contributed by atoms with Crippen molar-refractivity contribution in [1.29, 1.82) is 0 Å². The van der Waals surface area contributed by atoms with Crippen LogP contribution in [-0.4, -0.2) is 24.1 Å². The molecule has 3 heteroatoms. The van der Waals surface area contributed by atoms with E-state index in [0.717, 1.165) is 31.1 Å². The molecule has 1 aliphatic rings. The predicted octanol–water partition coefficient (Wildman–Crippen LogP) is 2.18. The number of aromatic nitrogens is 1. The summed E-state index contributed by atoms with van der Waals surface area (Å²) >= 11 is 0. The topological polar surface area (TPSA) is 28.2 Å². The van der Waals surface area contributed by atoms with E-state index < -0.39 is 0 Å². The van der Waals surface area contributed by atoms with Crippen LogP contribution in [0.15, 0.2) is 18.2 Å². The standard InChI is InChI=1S/C13H21N3/c1-3-14-10-12-7-4-8-13(15-12)16-9-5-6-11(16)2/h4,7-8,11,14H,3,5-6,9-10H2,1-2H3. The molecular weight excluding hydrogens is 198 g/mol. The monoisotopic (exact) mass is 219 g/mol. The molecule has 0 aromatic carbocycles. The lowest BCUT2D eigenvalue weighted by atomic mass is 10.2. The quantitative estimate of drug-likeness (QED) is 0.841. The van der Waals surface area contributed by atoms with Gasteiger partial charge in [-0.25, -0.2) is 4.98 Å². The Kier molecular flexibility index (Phi) is 3.78. The van der Waals surface area contributed by atoms with Crippen LogP contribution in [0.1, 0.15) is 32.4 Å². The summed E-state index contributed by atoms with van der Waals surface area (Å²) in [6.45, 7) is 7.41. The van der Waals surface area contributed by atoms with E-state index >= 15 is 0 Å². The highest BCUT2D eigenvalue weighted by Gasteiger charge is 2.21. The third-order valence-corrected chi connectivity index (χ3v) is 3.20. The fourth-order valence-corrected chi connectivity index (χ4v) is 2.25. The van der Waals surface area contributed by atoms with Gasteiger partial charge in [0.25, 0.3) is 0 Å². The van der Waals surface area contributed by atoms with E-state index in [4.69, 9.17) is 4.98 Å². The van der Waals surface area contributed by atoms with E-state index in [-0.39, 0.29) is 0 Å². The van der Waals surface area contributed by atoms with Gasteiger partial charge in [0.2, 0.25) is 0 Å². The second-order valence-electron chi connectivity index (χ2n) is 4.45. The smallest absolute Gasteiger partial charge is 0.129 e. The molecule has 1 aliphatic heterocycles. The molecule has 0 amide bonds. The van der Waals surface area contributed by atoms with Gasteiger partial charge in [-0.15, -0.1) is 0 Å². The Morgan fingerprint density at radius 3 is 3.06 bits per heavy atom. The van der Waals surface area contributed by atoms with Crippen LogP contribution in [0.3, 0.4) is 0 Å². The maximum absolute atomic E-state index is 4.71. The Morgan fingerprint density at radius 1 is 1.50 bits per heavy atom. The molecular formula is C13H21N3. The van der Waals surface area contributed by atoms with Gasteiger partial charge >= 0.3 is 0 Å². The maximum Gasteiger partial charge on any atom is 0.129 e. The van der Waals surface area contributed by atoms with Crippen LogP contribution >= 0.6 is 0 Å². The fraction of sp³-hybridized carbons (Fsp3) is 0.615. The molecule has 0 radical (unpaired) electrons. The fourth-order valence-electron chi connectivity index (χ4n) is 2.25. The van der Waals surface area contributed by atoms with Gasteiger partial charge < -0.3 is 10.2 Å².